The molecule has 0 unspecified atom stereocenters. The van der Waals surface area contributed by atoms with E-state index in [9.17, 15) is 0 Å². The minimum Gasteiger partial charge on any atom is -1.00 e. The Kier molecular flexibility index (Phi) is 121. The van der Waals surface area contributed by atoms with Crippen molar-refractivity contribution in [3.63, 3.8) is 0 Å². The molecule has 0 heterocycles. The summed E-state index contributed by atoms with van der Waals surface area (Å²) < 4.78 is 0. The van der Waals surface area contributed by atoms with Crippen molar-refractivity contribution in [2.75, 3.05) is 0 Å². The zero-order chi connectivity index (χ0) is 0. The van der Waals surface area contributed by atoms with Crippen LogP contribution in [0.4, 0.5) is 0 Å². The summed E-state index contributed by atoms with van der Waals surface area (Å²) in [4.78, 5) is 0. The standard InChI is InChI=1S/3HI.Pt/h3*1H;/p-3. The molecular formula is I3Pt-3. The maximum atomic E-state index is 0. The molecule has 0 fully saturated rings. The van der Waals surface area contributed by atoms with Gasteiger partial charge in [-0.25, -0.2) is 0 Å². The van der Waals surface area contributed by atoms with Crippen molar-refractivity contribution in [3.05, 3.63) is 0 Å². The van der Waals surface area contributed by atoms with Gasteiger partial charge in [0.15, 0.2) is 0 Å². The first-order valence-electron chi connectivity index (χ1n) is 0. The fourth-order valence-electron chi connectivity index (χ4n) is 0. The summed E-state index contributed by atoms with van der Waals surface area (Å²) in [7, 11) is 0. The van der Waals surface area contributed by atoms with Crippen LogP contribution in [-0.4, -0.2) is 0 Å². The zero-order valence-electron chi connectivity index (χ0n) is 1.45. The quantitative estimate of drug-likeness (QED) is 0.252. The molecule has 0 aliphatic rings. The topological polar surface area (TPSA) is 0 Å². The Morgan fingerprint density at radius 2 is 0.500 bits per heavy atom. The summed E-state index contributed by atoms with van der Waals surface area (Å²) in [6, 6.07) is 0. The molecule has 0 aliphatic heterocycles. The van der Waals surface area contributed by atoms with Crippen LogP contribution in [0.5, 0.6) is 0 Å². The Balaban J connectivity index is 0. The Bertz CT molecular complexity index is 3.25. The van der Waals surface area contributed by atoms with E-state index in [-0.39, 0.29) is 93.0 Å². The second-order valence-electron chi connectivity index (χ2n) is 0. The Morgan fingerprint density at radius 1 is 0.500 bits per heavy atom. The molecule has 0 atom stereocenters. The van der Waals surface area contributed by atoms with Gasteiger partial charge in [-0.2, -0.15) is 0 Å². The van der Waals surface area contributed by atoms with Gasteiger partial charge in [0.2, 0.25) is 0 Å². The molecule has 0 amide bonds. The summed E-state index contributed by atoms with van der Waals surface area (Å²) in [5, 5.41) is 0. The number of hydrogen-bond acceptors (Lipinski definition) is 0. The van der Waals surface area contributed by atoms with Crippen LogP contribution in [0.25, 0.3) is 0 Å². The van der Waals surface area contributed by atoms with Crippen LogP contribution >= 0.6 is 0 Å². The Hall–Kier alpha value is 2.88. The van der Waals surface area contributed by atoms with Gasteiger partial charge in [-0.05, 0) is 0 Å². The molecule has 0 aliphatic carbocycles. The monoisotopic (exact) mass is 576 g/mol. The molecular weight excluding hydrogens is 576 g/mol. The van der Waals surface area contributed by atoms with E-state index in [1.165, 1.54) is 0 Å². The van der Waals surface area contributed by atoms with Crippen LogP contribution in [0.1, 0.15) is 0 Å². The van der Waals surface area contributed by atoms with Crippen molar-refractivity contribution in [2.45, 2.75) is 0 Å². The molecule has 0 radical (unpaired) electrons. The van der Waals surface area contributed by atoms with Crippen LogP contribution in [-0.2, 0) is 21.1 Å². The van der Waals surface area contributed by atoms with E-state index < -0.39 is 0 Å². The zero-order valence-corrected chi connectivity index (χ0v) is 10.2. The molecule has 34 valence electrons. The minimum absolute atomic E-state index is 0. The van der Waals surface area contributed by atoms with Crippen molar-refractivity contribution < 1.29 is 93.0 Å². The van der Waals surface area contributed by atoms with Gasteiger partial charge in [0.1, 0.15) is 0 Å². The normalized spacial score (nSPS) is 0. The van der Waals surface area contributed by atoms with Gasteiger partial charge in [-0.1, -0.05) is 0 Å². The van der Waals surface area contributed by atoms with Crippen LogP contribution < -0.4 is 71.9 Å². The Morgan fingerprint density at radius 3 is 0.500 bits per heavy atom. The fraction of sp³-hybridized carbons (Fsp3) is 0. The van der Waals surface area contributed by atoms with Gasteiger partial charge in [-0.3, -0.25) is 0 Å². The van der Waals surface area contributed by atoms with Gasteiger partial charge in [0.25, 0.3) is 0 Å². The van der Waals surface area contributed by atoms with Gasteiger partial charge in [0.05, 0.1) is 0 Å². The largest absolute Gasteiger partial charge is 1.00 e. The average molecular weight is 576 g/mol. The maximum absolute atomic E-state index is 0. The third-order valence-electron chi connectivity index (χ3n) is 0. The summed E-state index contributed by atoms with van der Waals surface area (Å²) in [5.41, 5.74) is 0. The molecule has 0 aromatic heterocycles. The number of halogens is 3. The van der Waals surface area contributed by atoms with E-state index in [0.717, 1.165) is 0 Å². The minimum atomic E-state index is 0. The van der Waals surface area contributed by atoms with Crippen molar-refractivity contribution >= 4 is 0 Å². The Labute approximate surface area is 91.2 Å². The number of rotatable bonds is 0. The second-order valence-corrected chi connectivity index (χ2v) is 0. The third-order valence-corrected chi connectivity index (χ3v) is 0. The molecule has 4 heteroatoms. The van der Waals surface area contributed by atoms with Crippen molar-refractivity contribution in [1.82, 2.24) is 0 Å². The summed E-state index contributed by atoms with van der Waals surface area (Å²) in [5.74, 6) is 0. The number of hydrogen-bond donors (Lipinski definition) is 0. The van der Waals surface area contributed by atoms with Crippen LogP contribution in [0, 0.1) is 0 Å². The predicted octanol–water partition coefficient (Wildman–Crippen LogP) is -8.99. The van der Waals surface area contributed by atoms with E-state index in [1.807, 2.05) is 0 Å². The second kappa shape index (κ2) is 16.9. The summed E-state index contributed by atoms with van der Waals surface area (Å²) in [6.07, 6.45) is 0. The van der Waals surface area contributed by atoms with Gasteiger partial charge in [-0.15, -0.1) is 0 Å². The maximum Gasteiger partial charge on any atom is 0 e. The summed E-state index contributed by atoms with van der Waals surface area (Å²) >= 11 is 0. The van der Waals surface area contributed by atoms with Crippen LogP contribution in [0.15, 0.2) is 0 Å². The molecule has 0 N–H and O–H groups in total. The predicted molar refractivity (Wildman–Crippen MR) is 0 cm³/mol. The smallest absolute Gasteiger partial charge is 0 e. The molecule has 0 saturated carbocycles. The molecule has 0 spiro atoms. The molecule has 0 bridgehead atoms. The molecule has 4 heavy (non-hydrogen) atoms. The van der Waals surface area contributed by atoms with E-state index in [0.29, 0.717) is 0 Å². The van der Waals surface area contributed by atoms with Crippen molar-refractivity contribution in [1.29, 1.82) is 0 Å². The molecule has 0 saturated heterocycles. The van der Waals surface area contributed by atoms with E-state index in [2.05, 4.69) is 0 Å². The van der Waals surface area contributed by atoms with Crippen LogP contribution in [0.2, 0.25) is 0 Å². The van der Waals surface area contributed by atoms with Crippen LogP contribution in [0.3, 0.4) is 0 Å². The van der Waals surface area contributed by atoms with E-state index in [1.54, 1.807) is 0 Å². The first-order valence-corrected chi connectivity index (χ1v) is 0. The molecule has 0 rings (SSSR count). The van der Waals surface area contributed by atoms with Gasteiger partial charge >= 0.3 is 0 Å². The molecule has 0 nitrogen and oxygen atoms in total. The SMILES string of the molecule is [I-].[I-].[I-].[Pt]. The van der Waals surface area contributed by atoms with E-state index in [4.69, 9.17) is 0 Å². The molecule has 0 aromatic carbocycles. The fourth-order valence-corrected chi connectivity index (χ4v) is 0. The third kappa shape index (κ3) is 8.86. The van der Waals surface area contributed by atoms with Crippen molar-refractivity contribution in [2.24, 2.45) is 0 Å². The first-order chi connectivity index (χ1) is 0. The average Bonchev–Trinajstić information content (AvgIpc) is 0. The summed E-state index contributed by atoms with van der Waals surface area (Å²) in [6.45, 7) is 0. The van der Waals surface area contributed by atoms with E-state index >= 15 is 0 Å². The van der Waals surface area contributed by atoms with Crippen molar-refractivity contribution in [3.8, 4) is 0 Å². The van der Waals surface area contributed by atoms with Gasteiger partial charge in [0, 0.05) is 21.1 Å². The van der Waals surface area contributed by atoms with Gasteiger partial charge < -0.3 is 71.9 Å². The molecule has 0 aromatic rings. The first kappa shape index (κ1) is 28.7.